The number of esters is 1. The van der Waals surface area contributed by atoms with Crippen molar-refractivity contribution in [2.24, 2.45) is 0 Å². The number of carbonyl (C=O) groups excluding carboxylic acids is 2. The first-order valence-corrected chi connectivity index (χ1v) is 16.2. The molecular weight excluding hydrogens is 596 g/mol. The van der Waals surface area contributed by atoms with Crippen LogP contribution in [-0.2, 0) is 20.7 Å². The number of ether oxygens (including phenoxy) is 3. The average molecular weight is 633 g/mol. The third kappa shape index (κ3) is 4.24. The van der Waals surface area contributed by atoms with Crippen LogP contribution in [0.1, 0.15) is 63.2 Å². The van der Waals surface area contributed by atoms with Gasteiger partial charge in [-0.1, -0.05) is 12.1 Å². The summed E-state index contributed by atoms with van der Waals surface area (Å²) in [5, 5.41) is 36.7. The topological polar surface area (TPSA) is 145 Å². The van der Waals surface area contributed by atoms with Gasteiger partial charge in [0.05, 0.1) is 23.4 Å². The second-order valence-corrected chi connectivity index (χ2v) is 13.6. The summed E-state index contributed by atoms with van der Waals surface area (Å²) >= 11 is 1.42. The molecule has 0 radical (unpaired) electrons. The molecule has 236 valence electrons. The lowest BCUT2D eigenvalue weighted by molar-refractivity contribution is -0.152. The molecule has 11 nitrogen and oxygen atoms in total. The summed E-state index contributed by atoms with van der Waals surface area (Å²) in [4.78, 5) is 30.3. The van der Waals surface area contributed by atoms with Crippen molar-refractivity contribution in [1.82, 2.24) is 15.1 Å². The second kappa shape index (κ2) is 10.9. The van der Waals surface area contributed by atoms with Crippen molar-refractivity contribution in [2.75, 3.05) is 26.2 Å². The average Bonchev–Trinajstić information content (AvgIpc) is 3.50. The number of phenolic OH excluding ortho intramolecular Hbond substituents is 2. The van der Waals surface area contributed by atoms with Crippen LogP contribution in [0.2, 0.25) is 0 Å². The number of allylic oxidation sites excluding steroid dienone is 1. The second-order valence-electron chi connectivity index (χ2n) is 12.5. The molecule has 3 N–H and O–H groups in total. The van der Waals surface area contributed by atoms with E-state index in [4.69, 9.17) is 14.2 Å². The fourth-order valence-corrected chi connectivity index (χ4v) is 9.55. The summed E-state index contributed by atoms with van der Waals surface area (Å²) in [5.41, 5.74) is 5.45. The van der Waals surface area contributed by atoms with Crippen molar-refractivity contribution in [3.05, 3.63) is 57.2 Å². The number of piperazine rings is 1. The van der Waals surface area contributed by atoms with Gasteiger partial charge in [-0.15, -0.1) is 11.8 Å². The van der Waals surface area contributed by atoms with Gasteiger partial charge in [0.1, 0.15) is 30.2 Å². The number of amides is 1. The fourth-order valence-electron chi connectivity index (χ4n) is 8.04. The standard InChI is InChI=1S/C33H36N4O7S/c1-6-7-22(38)35-18-12-45-32-25-24(31-30(43-13-44-31)16(4)29(25)40)21(11-42-33(18)41)37-20(10-34)19-9-17-8-14(2)15(3)28(39)23(17)26(27(32)37)36(19)5/h6-8,18-21,26-27,32,39-40H,9,11-13H2,1-5H3,(H,35,38)/b7-6+/t18-,19-,20-,21-,26+,27?,32+/m0/s1. The van der Waals surface area contributed by atoms with Gasteiger partial charge >= 0.3 is 5.97 Å². The SMILES string of the molecule is C/C=C/C(=O)N[C@H]1CS[C@@H]2c3c(O)c(C)c4c(c3[C@H](COC1=O)N1C2[C@H]2c3c(cc(C)c(C)c3O)C[C@@H]([C@@H]1C#N)N2C)OCO4. The number of aryl methyl sites for hydroxylation is 1. The smallest absolute Gasteiger partial charge is 0.329 e. The number of nitrogens with one attached hydrogen (secondary N) is 1. The number of hydrogen-bond acceptors (Lipinski definition) is 11. The molecule has 2 saturated heterocycles. The van der Waals surface area contributed by atoms with E-state index >= 15 is 0 Å². The number of phenols is 2. The molecule has 1 amide bonds. The Morgan fingerprint density at radius 1 is 1.11 bits per heavy atom. The summed E-state index contributed by atoms with van der Waals surface area (Å²) in [7, 11) is 2.00. The Morgan fingerprint density at radius 3 is 2.58 bits per heavy atom. The van der Waals surface area contributed by atoms with Gasteiger partial charge in [0, 0.05) is 40.1 Å². The minimum atomic E-state index is -0.940. The van der Waals surface area contributed by atoms with Crippen LogP contribution in [0.15, 0.2) is 18.2 Å². The lowest BCUT2D eigenvalue weighted by atomic mass is 9.71. The highest BCUT2D eigenvalue weighted by Crippen LogP contribution is 2.63. The lowest BCUT2D eigenvalue weighted by Crippen LogP contribution is -2.69. The van der Waals surface area contributed by atoms with Crippen LogP contribution in [0, 0.1) is 32.1 Å². The Bertz CT molecular complexity index is 1700. The molecule has 6 aliphatic rings. The Balaban J connectivity index is 1.48. The van der Waals surface area contributed by atoms with Crippen LogP contribution < -0.4 is 14.8 Å². The molecule has 4 bridgehead atoms. The first kappa shape index (κ1) is 29.8. The number of nitrogens with zero attached hydrogens (tertiary/aromatic N) is 3. The summed E-state index contributed by atoms with van der Waals surface area (Å²) < 4.78 is 17.8. The number of benzene rings is 2. The first-order chi connectivity index (χ1) is 21.6. The van der Waals surface area contributed by atoms with Crippen LogP contribution >= 0.6 is 11.8 Å². The molecule has 2 aromatic rings. The number of fused-ring (bicyclic) bond motifs is 10. The predicted octanol–water partition coefficient (Wildman–Crippen LogP) is 3.37. The van der Waals surface area contributed by atoms with Gasteiger partial charge in [-0.05, 0) is 63.9 Å². The molecule has 0 saturated carbocycles. The molecule has 12 heteroatoms. The molecule has 0 aromatic heterocycles. The number of hydrogen-bond donors (Lipinski definition) is 3. The van der Waals surface area contributed by atoms with E-state index in [1.54, 1.807) is 19.9 Å². The number of likely N-dealkylation sites (N-methyl/N-ethyl adjacent to an activating group) is 1. The molecule has 2 aromatic carbocycles. The quantitative estimate of drug-likeness (QED) is 0.331. The summed E-state index contributed by atoms with van der Waals surface area (Å²) in [6.07, 6.45) is 3.52. The highest BCUT2D eigenvalue weighted by Gasteiger charge is 2.60. The molecule has 0 aliphatic carbocycles. The number of carbonyl (C=O) groups is 2. The zero-order valence-electron chi connectivity index (χ0n) is 25.8. The molecule has 0 spiro atoms. The highest BCUT2D eigenvalue weighted by molar-refractivity contribution is 7.99. The maximum absolute atomic E-state index is 13.4. The van der Waals surface area contributed by atoms with Crippen molar-refractivity contribution in [3.8, 4) is 29.1 Å². The molecule has 7 atom stereocenters. The van der Waals surface area contributed by atoms with E-state index < -0.39 is 41.3 Å². The maximum Gasteiger partial charge on any atom is 0.329 e. The Kier molecular flexibility index (Phi) is 7.18. The first-order valence-electron chi connectivity index (χ1n) is 15.2. The van der Waals surface area contributed by atoms with E-state index in [-0.39, 0.29) is 42.7 Å². The number of thioether (sulfide) groups is 1. The minimum Gasteiger partial charge on any atom is -0.507 e. The van der Waals surface area contributed by atoms with E-state index in [2.05, 4.69) is 27.3 Å². The van der Waals surface area contributed by atoms with Crippen LogP contribution in [-0.4, -0.2) is 82.3 Å². The summed E-state index contributed by atoms with van der Waals surface area (Å²) in [5.74, 6) is 0.395. The number of aromatic hydroxyl groups is 2. The fraction of sp³-hybridized carbons (Fsp3) is 0.485. The zero-order valence-corrected chi connectivity index (χ0v) is 26.6. The molecule has 2 fully saturated rings. The highest BCUT2D eigenvalue weighted by atomic mass is 32.2. The molecule has 8 rings (SSSR count). The van der Waals surface area contributed by atoms with Gasteiger partial charge in [0.2, 0.25) is 12.7 Å². The molecule has 6 heterocycles. The van der Waals surface area contributed by atoms with Crippen molar-refractivity contribution < 1.29 is 34.0 Å². The van der Waals surface area contributed by atoms with Crippen molar-refractivity contribution >= 4 is 23.6 Å². The van der Waals surface area contributed by atoms with Crippen LogP contribution in [0.3, 0.4) is 0 Å². The third-order valence-corrected chi connectivity index (χ3v) is 11.6. The number of nitriles is 1. The van der Waals surface area contributed by atoms with Crippen molar-refractivity contribution in [2.45, 2.75) is 75.6 Å². The van der Waals surface area contributed by atoms with Crippen molar-refractivity contribution in [1.29, 1.82) is 5.26 Å². The summed E-state index contributed by atoms with van der Waals surface area (Å²) in [6, 6.07) is 1.49. The molecule has 6 aliphatic heterocycles. The van der Waals surface area contributed by atoms with E-state index in [1.807, 2.05) is 20.9 Å². The largest absolute Gasteiger partial charge is 0.507 e. The Morgan fingerprint density at radius 2 is 1.84 bits per heavy atom. The lowest BCUT2D eigenvalue weighted by Gasteiger charge is -2.61. The monoisotopic (exact) mass is 632 g/mol. The Labute approximate surface area is 265 Å². The van der Waals surface area contributed by atoms with Crippen LogP contribution in [0.4, 0.5) is 0 Å². The molecule has 45 heavy (non-hydrogen) atoms. The molecule has 1 unspecified atom stereocenters. The van der Waals surface area contributed by atoms with Gasteiger partial charge in [-0.3, -0.25) is 14.6 Å². The van der Waals surface area contributed by atoms with Crippen molar-refractivity contribution in [3.63, 3.8) is 0 Å². The molecular formula is C33H36N4O7S. The van der Waals surface area contributed by atoms with Gasteiger partial charge in [-0.2, -0.15) is 5.26 Å². The van der Waals surface area contributed by atoms with Gasteiger partial charge in [0.15, 0.2) is 11.5 Å². The minimum absolute atomic E-state index is 0.0194. The van der Waals surface area contributed by atoms with E-state index in [0.29, 0.717) is 34.6 Å². The van der Waals surface area contributed by atoms with E-state index in [9.17, 15) is 25.1 Å². The van der Waals surface area contributed by atoms with Crippen LogP contribution in [0.25, 0.3) is 0 Å². The number of rotatable bonds is 2. The summed E-state index contributed by atoms with van der Waals surface area (Å²) in [6.45, 7) is 7.24. The van der Waals surface area contributed by atoms with Gasteiger partial charge in [-0.25, -0.2) is 4.79 Å². The van der Waals surface area contributed by atoms with Gasteiger partial charge < -0.3 is 29.7 Å². The third-order valence-electron chi connectivity index (χ3n) is 10.2. The van der Waals surface area contributed by atoms with Crippen LogP contribution in [0.5, 0.6) is 23.0 Å². The zero-order chi connectivity index (χ0) is 31.9. The predicted molar refractivity (Wildman–Crippen MR) is 165 cm³/mol. The van der Waals surface area contributed by atoms with Gasteiger partial charge in [0.25, 0.3) is 0 Å². The Hall–Kier alpha value is -3.92. The maximum atomic E-state index is 13.4. The normalized spacial score (nSPS) is 30.2. The van der Waals surface area contributed by atoms with E-state index in [1.165, 1.54) is 17.8 Å². The van der Waals surface area contributed by atoms with E-state index in [0.717, 1.165) is 22.3 Å².